The van der Waals surface area contributed by atoms with Gasteiger partial charge >= 0.3 is 0 Å². The predicted molar refractivity (Wildman–Crippen MR) is 167 cm³/mol. The van der Waals surface area contributed by atoms with Gasteiger partial charge in [0, 0.05) is 29.4 Å². The van der Waals surface area contributed by atoms with Crippen molar-refractivity contribution in [1.29, 1.82) is 0 Å². The summed E-state index contributed by atoms with van der Waals surface area (Å²) in [5.41, 5.74) is 10.9. The molecule has 0 aliphatic carbocycles. The lowest BCUT2D eigenvalue weighted by atomic mass is 9.94. The van der Waals surface area contributed by atoms with E-state index in [2.05, 4.69) is 85.5 Å². The highest BCUT2D eigenvalue weighted by Gasteiger charge is 2.11. The van der Waals surface area contributed by atoms with Crippen molar-refractivity contribution in [3.63, 3.8) is 0 Å². The molecule has 3 aromatic carbocycles. The molecular formula is C37H35FN2. The fraction of sp³-hybridized carbons (Fsp3) is 0.108. The van der Waals surface area contributed by atoms with E-state index in [1.807, 2.05) is 49.7 Å². The Hall–Kier alpha value is -4.76. The number of rotatable bonds is 11. The molecule has 0 radical (unpaired) electrons. The zero-order valence-corrected chi connectivity index (χ0v) is 23.3. The average Bonchev–Trinajstić information content (AvgIpc) is 2.95. The molecule has 1 heterocycles. The van der Waals surface area contributed by atoms with Crippen LogP contribution in [0.4, 0.5) is 4.39 Å². The van der Waals surface area contributed by atoms with Crippen molar-refractivity contribution in [3.8, 4) is 11.1 Å². The first kappa shape index (κ1) is 28.3. The van der Waals surface area contributed by atoms with Crippen LogP contribution in [0.1, 0.15) is 34.7 Å². The van der Waals surface area contributed by atoms with Gasteiger partial charge in [0.05, 0.1) is 0 Å². The van der Waals surface area contributed by atoms with Gasteiger partial charge in [-0.3, -0.25) is 4.98 Å². The average molecular weight is 527 g/mol. The number of aryl methyl sites for hydroxylation is 1. The van der Waals surface area contributed by atoms with Crippen LogP contribution in [0, 0.1) is 12.7 Å². The zero-order valence-electron chi connectivity index (χ0n) is 23.3. The molecule has 0 aliphatic rings. The lowest BCUT2D eigenvalue weighted by Crippen LogP contribution is -2.12. The monoisotopic (exact) mass is 526 g/mol. The molecule has 0 fully saturated rings. The molecule has 0 amide bonds. The molecule has 0 unspecified atom stereocenters. The summed E-state index contributed by atoms with van der Waals surface area (Å²) in [5.74, 6) is -0.240. The van der Waals surface area contributed by atoms with Gasteiger partial charge in [-0.2, -0.15) is 0 Å². The summed E-state index contributed by atoms with van der Waals surface area (Å²) in [6.07, 6.45) is 11.1. The fourth-order valence-electron chi connectivity index (χ4n) is 4.50. The highest BCUT2D eigenvalue weighted by Crippen LogP contribution is 2.29. The second-order valence-corrected chi connectivity index (χ2v) is 9.90. The number of allylic oxidation sites excluding steroid dienone is 5. The quantitative estimate of drug-likeness (QED) is 0.197. The largest absolute Gasteiger partial charge is 0.356 e. The molecule has 0 saturated carbocycles. The van der Waals surface area contributed by atoms with Crippen molar-refractivity contribution in [3.05, 3.63) is 180 Å². The third-order valence-electron chi connectivity index (χ3n) is 6.73. The topological polar surface area (TPSA) is 24.9 Å². The third kappa shape index (κ3) is 7.64. The lowest BCUT2D eigenvalue weighted by Gasteiger charge is -2.16. The standard InChI is InChI=1S/C37H35FN2/c1-6-36(18-15-26(2)19-31-13-10-14-35(38)22-31)40-29(5)28(4)37-23-33(17-16-27(37)3)34-21-32(24-39-25-34)20-30-11-8-7-9-12-30/h6-18,21-25,40H,2,4-5,19-20H2,1,3H3/b18-15-,36-6+. The molecule has 0 spiro atoms. The number of nitrogens with zero attached hydrogens (tertiary/aromatic N) is 1. The number of hydrogen-bond acceptors (Lipinski definition) is 2. The van der Waals surface area contributed by atoms with Crippen LogP contribution in [0.25, 0.3) is 16.7 Å². The molecule has 0 bridgehead atoms. The van der Waals surface area contributed by atoms with E-state index < -0.39 is 0 Å². The van der Waals surface area contributed by atoms with Crippen molar-refractivity contribution < 1.29 is 4.39 Å². The number of halogens is 1. The molecule has 0 atom stereocenters. The highest BCUT2D eigenvalue weighted by molar-refractivity contribution is 5.81. The Morgan fingerprint density at radius 2 is 1.60 bits per heavy atom. The van der Waals surface area contributed by atoms with Gasteiger partial charge in [-0.05, 0) is 96.0 Å². The van der Waals surface area contributed by atoms with E-state index in [1.165, 1.54) is 23.3 Å². The minimum Gasteiger partial charge on any atom is -0.356 e. The highest BCUT2D eigenvalue weighted by atomic mass is 19.1. The normalized spacial score (nSPS) is 11.4. The first-order chi connectivity index (χ1) is 19.3. The summed E-state index contributed by atoms with van der Waals surface area (Å²) in [5, 5.41) is 3.38. The summed E-state index contributed by atoms with van der Waals surface area (Å²) in [6.45, 7) is 16.8. The molecule has 2 nitrogen and oxygen atoms in total. The van der Waals surface area contributed by atoms with Crippen molar-refractivity contribution in [2.75, 3.05) is 0 Å². The maximum atomic E-state index is 13.5. The summed E-state index contributed by atoms with van der Waals surface area (Å²) in [7, 11) is 0. The van der Waals surface area contributed by atoms with Crippen LogP contribution in [-0.4, -0.2) is 4.98 Å². The number of hydrogen-bond donors (Lipinski definition) is 1. The molecule has 0 saturated heterocycles. The SMILES string of the molecule is C=C(/C=C\C(=C/C)NC(=C)C(=C)c1cc(-c2cncc(Cc3ccccc3)c2)ccc1C)Cc1cccc(F)c1. The first-order valence-electron chi connectivity index (χ1n) is 13.3. The van der Waals surface area contributed by atoms with E-state index in [1.54, 1.807) is 6.07 Å². The summed E-state index contributed by atoms with van der Waals surface area (Å²) in [6, 6.07) is 25.6. The Balaban J connectivity index is 1.45. The number of benzene rings is 3. The zero-order chi connectivity index (χ0) is 28.5. The Bertz CT molecular complexity index is 1590. The van der Waals surface area contributed by atoms with E-state index >= 15 is 0 Å². The van der Waals surface area contributed by atoms with Crippen molar-refractivity contribution >= 4 is 5.57 Å². The Morgan fingerprint density at radius 3 is 2.35 bits per heavy atom. The van der Waals surface area contributed by atoms with E-state index in [-0.39, 0.29) is 5.82 Å². The Labute approximate surface area is 237 Å². The molecule has 40 heavy (non-hydrogen) atoms. The van der Waals surface area contributed by atoms with E-state index in [4.69, 9.17) is 0 Å². The van der Waals surface area contributed by atoms with Gasteiger partial charge in [0.25, 0.3) is 0 Å². The van der Waals surface area contributed by atoms with Gasteiger partial charge in [0.15, 0.2) is 0 Å². The van der Waals surface area contributed by atoms with Gasteiger partial charge in [-0.15, -0.1) is 0 Å². The molecule has 4 rings (SSSR count). The first-order valence-corrected chi connectivity index (χ1v) is 13.3. The van der Waals surface area contributed by atoms with Crippen LogP contribution in [0.2, 0.25) is 0 Å². The third-order valence-corrected chi connectivity index (χ3v) is 6.73. The maximum absolute atomic E-state index is 13.5. The van der Waals surface area contributed by atoms with Crippen molar-refractivity contribution in [2.45, 2.75) is 26.7 Å². The van der Waals surface area contributed by atoms with Gasteiger partial charge in [-0.25, -0.2) is 4.39 Å². The van der Waals surface area contributed by atoms with Crippen LogP contribution in [0.5, 0.6) is 0 Å². The molecule has 4 aromatic rings. The van der Waals surface area contributed by atoms with Crippen LogP contribution >= 0.6 is 0 Å². The predicted octanol–water partition coefficient (Wildman–Crippen LogP) is 9.16. The van der Waals surface area contributed by atoms with Crippen LogP contribution < -0.4 is 5.32 Å². The van der Waals surface area contributed by atoms with Crippen molar-refractivity contribution in [2.24, 2.45) is 0 Å². The van der Waals surface area contributed by atoms with Gasteiger partial charge in [0.1, 0.15) is 5.82 Å². The molecule has 1 aromatic heterocycles. The maximum Gasteiger partial charge on any atom is 0.123 e. The molecule has 0 aliphatic heterocycles. The van der Waals surface area contributed by atoms with Crippen LogP contribution in [-0.2, 0) is 12.8 Å². The second-order valence-electron chi connectivity index (χ2n) is 9.90. The smallest absolute Gasteiger partial charge is 0.123 e. The number of pyridine rings is 1. The van der Waals surface area contributed by atoms with E-state index in [9.17, 15) is 4.39 Å². The van der Waals surface area contributed by atoms with Crippen LogP contribution in [0.3, 0.4) is 0 Å². The Morgan fingerprint density at radius 1 is 0.825 bits per heavy atom. The molecule has 200 valence electrons. The molecular weight excluding hydrogens is 491 g/mol. The van der Waals surface area contributed by atoms with Gasteiger partial charge in [-0.1, -0.05) is 92.1 Å². The minimum atomic E-state index is -0.240. The summed E-state index contributed by atoms with van der Waals surface area (Å²) in [4.78, 5) is 4.51. The van der Waals surface area contributed by atoms with Gasteiger partial charge in [0.2, 0.25) is 0 Å². The lowest BCUT2D eigenvalue weighted by molar-refractivity contribution is 0.626. The van der Waals surface area contributed by atoms with Gasteiger partial charge < -0.3 is 5.32 Å². The number of aromatic nitrogens is 1. The minimum absolute atomic E-state index is 0.240. The van der Waals surface area contributed by atoms with Crippen LogP contribution in [0.15, 0.2) is 146 Å². The second kappa shape index (κ2) is 13.3. The van der Waals surface area contributed by atoms with E-state index in [0.29, 0.717) is 12.1 Å². The van der Waals surface area contributed by atoms with Crippen molar-refractivity contribution in [1.82, 2.24) is 10.3 Å². The number of nitrogens with one attached hydrogen (secondary N) is 1. The van der Waals surface area contributed by atoms with E-state index in [0.717, 1.165) is 51.1 Å². The molecule has 1 N–H and O–H groups in total. The Kier molecular flexibility index (Phi) is 9.43. The summed E-state index contributed by atoms with van der Waals surface area (Å²) >= 11 is 0. The summed E-state index contributed by atoms with van der Waals surface area (Å²) < 4.78 is 13.5. The fourth-order valence-corrected chi connectivity index (χ4v) is 4.50. The molecule has 3 heteroatoms.